The fraction of sp³-hybridized carbons (Fsp3) is 0.0588. The van der Waals surface area contributed by atoms with E-state index in [9.17, 15) is 24.5 Å². The molecule has 0 fully saturated rings. The van der Waals surface area contributed by atoms with E-state index in [0.717, 1.165) is 5.56 Å². The molecule has 0 saturated carbocycles. The van der Waals surface area contributed by atoms with Gasteiger partial charge in [0.15, 0.2) is 5.13 Å². The third-order valence-corrected chi connectivity index (χ3v) is 9.26. The molecule has 3 amide bonds. The van der Waals surface area contributed by atoms with Crippen LogP contribution < -0.4 is 16.0 Å². The van der Waals surface area contributed by atoms with Crippen LogP contribution in [0.15, 0.2) is 113 Å². The number of benzene rings is 4. The second kappa shape index (κ2) is 15.7. The van der Waals surface area contributed by atoms with Gasteiger partial charge in [0.05, 0.1) is 25.9 Å². The van der Waals surface area contributed by atoms with Gasteiger partial charge in [-0.1, -0.05) is 53.5 Å². The SMILES string of the molecule is CC(Sc1cccc(NC(=O)/C(=C\c2ccc([N+](=O)[O-])cc2)NC(=O)c2ccccc2)c1)C(=O)Nc1nc(-c2ccc(Cl)c(Cl)c2)cs1. The minimum Gasteiger partial charge on any atom is -0.321 e. The lowest BCUT2D eigenvalue weighted by Gasteiger charge is -2.13. The number of nitrogens with zero attached hydrogens (tertiary/aromatic N) is 2. The number of carbonyl (C=O) groups excluding carboxylic acids is 3. The van der Waals surface area contributed by atoms with Gasteiger partial charge >= 0.3 is 0 Å². The Balaban J connectivity index is 1.26. The van der Waals surface area contributed by atoms with Crippen molar-refractivity contribution < 1.29 is 19.3 Å². The molecule has 0 bridgehead atoms. The molecule has 10 nitrogen and oxygen atoms in total. The Morgan fingerprint density at radius 2 is 1.67 bits per heavy atom. The van der Waals surface area contributed by atoms with E-state index in [1.807, 2.05) is 5.38 Å². The summed E-state index contributed by atoms with van der Waals surface area (Å²) in [7, 11) is 0. The first-order valence-corrected chi connectivity index (χ1v) is 16.7. The first-order valence-electron chi connectivity index (χ1n) is 14.2. The number of thioether (sulfide) groups is 1. The van der Waals surface area contributed by atoms with Gasteiger partial charge in [0.25, 0.3) is 17.5 Å². The summed E-state index contributed by atoms with van der Waals surface area (Å²) >= 11 is 14.7. The van der Waals surface area contributed by atoms with Gasteiger partial charge in [-0.25, -0.2) is 4.98 Å². The van der Waals surface area contributed by atoms with Crippen molar-refractivity contribution in [3.8, 4) is 11.3 Å². The zero-order valence-electron chi connectivity index (χ0n) is 25.0. The number of nitro benzene ring substituents is 1. The Kier molecular flexibility index (Phi) is 11.2. The highest BCUT2D eigenvalue weighted by molar-refractivity contribution is 8.00. The lowest BCUT2D eigenvalue weighted by atomic mass is 10.1. The van der Waals surface area contributed by atoms with Gasteiger partial charge in [-0.2, -0.15) is 0 Å². The fourth-order valence-corrected chi connectivity index (χ4v) is 6.18. The molecule has 242 valence electrons. The monoisotopic (exact) mass is 717 g/mol. The molecular weight excluding hydrogens is 693 g/mol. The number of anilines is 2. The molecule has 0 radical (unpaired) electrons. The van der Waals surface area contributed by atoms with E-state index in [4.69, 9.17) is 23.2 Å². The third kappa shape index (κ3) is 9.07. The molecule has 48 heavy (non-hydrogen) atoms. The Labute approximate surface area is 293 Å². The first kappa shape index (κ1) is 34.3. The van der Waals surface area contributed by atoms with Crippen LogP contribution in [-0.2, 0) is 9.59 Å². The van der Waals surface area contributed by atoms with E-state index >= 15 is 0 Å². The average Bonchev–Trinajstić information content (AvgIpc) is 3.54. The molecule has 5 aromatic rings. The van der Waals surface area contributed by atoms with Crippen molar-refractivity contribution in [2.45, 2.75) is 17.1 Å². The quantitative estimate of drug-likeness (QED) is 0.0538. The number of rotatable bonds is 11. The van der Waals surface area contributed by atoms with E-state index in [1.54, 1.807) is 79.7 Å². The number of hydrogen-bond donors (Lipinski definition) is 3. The Morgan fingerprint density at radius 3 is 2.38 bits per heavy atom. The Bertz CT molecular complexity index is 2020. The molecule has 4 aromatic carbocycles. The van der Waals surface area contributed by atoms with Crippen LogP contribution in [-0.4, -0.2) is 32.9 Å². The molecule has 0 aliphatic carbocycles. The molecule has 1 atom stereocenters. The molecular formula is C34H25Cl2N5O5S2. The minimum atomic E-state index is -0.618. The molecule has 0 aliphatic rings. The average molecular weight is 719 g/mol. The Morgan fingerprint density at radius 1 is 0.917 bits per heavy atom. The van der Waals surface area contributed by atoms with Gasteiger partial charge in [0.1, 0.15) is 5.70 Å². The van der Waals surface area contributed by atoms with Crippen molar-refractivity contribution in [1.29, 1.82) is 0 Å². The number of nitro groups is 1. The number of nitrogens with one attached hydrogen (secondary N) is 3. The lowest BCUT2D eigenvalue weighted by Crippen LogP contribution is -2.30. The van der Waals surface area contributed by atoms with E-state index < -0.39 is 22.0 Å². The highest BCUT2D eigenvalue weighted by atomic mass is 35.5. The predicted molar refractivity (Wildman–Crippen MR) is 192 cm³/mol. The second-order valence-corrected chi connectivity index (χ2v) is 13.2. The summed E-state index contributed by atoms with van der Waals surface area (Å²) in [6, 6.07) is 26.1. The van der Waals surface area contributed by atoms with Crippen molar-refractivity contribution in [2.24, 2.45) is 0 Å². The van der Waals surface area contributed by atoms with Crippen LogP contribution in [0.25, 0.3) is 17.3 Å². The Hall–Kier alpha value is -5.01. The smallest absolute Gasteiger partial charge is 0.272 e. The van der Waals surface area contributed by atoms with Crippen molar-refractivity contribution in [3.63, 3.8) is 0 Å². The van der Waals surface area contributed by atoms with E-state index in [2.05, 4.69) is 20.9 Å². The maximum Gasteiger partial charge on any atom is 0.272 e. The van der Waals surface area contributed by atoms with Gasteiger partial charge in [0, 0.05) is 39.2 Å². The van der Waals surface area contributed by atoms with Crippen LogP contribution >= 0.6 is 46.3 Å². The number of carbonyl (C=O) groups is 3. The van der Waals surface area contributed by atoms with Crippen LogP contribution in [0, 0.1) is 10.1 Å². The molecule has 3 N–H and O–H groups in total. The summed E-state index contributed by atoms with van der Waals surface area (Å²) in [4.78, 5) is 55.1. The number of thiazole rings is 1. The summed E-state index contributed by atoms with van der Waals surface area (Å²) in [5, 5.41) is 21.9. The summed E-state index contributed by atoms with van der Waals surface area (Å²) in [5.74, 6) is -1.39. The molecule has 0 aliphatic heterocycles. The largest absolute Gasteiger partial charge is 0.321 e. The fourth-order valence-electron chi connectivity index (χ4n) is 4.23. The molecule has 1 aromatic heterocycles. The number of hydrogen-bond acceptors (Lipinski definition) is 8. The van der Waals surface area contributed by atoms with Gasteiger partial charge in [0.2, 0.25) is 5.91 Å². The summed E-state index contributed by atoms with van der Waals surface area (Å²) < 4.78 is 0. The van der Waals surface area contributed by atoms with Crippen LogP contribution in [0.3, 0.4) is 0 Å². The van der Waals surface area contributed by atoms with Crippen LogP contribution in [0.5, 0.6) is 0 Å². The van der Waals surface area contributed by atoms with Gasteiger partial charge < -0.3 is 16.0 Å². The zero-order valence-corrected chi connectivity index (χ0v) is 28.1. The standard InChI is InChI=1S/C34H25Cl2N5O5S2/c1-20(31(42)40-34-39-30(19-47-34)23-12-15-27(35)28(36)17-23)48-26-9-5-8-24(18-26)37-33(44)29(38-32(43)22-6-3-2-4-7-22)16-21-10-13-25(14-11-21)41(45)46/h2-20H,1H3,(H,37,44)(H,38,43)(H,39,40,42)/b29-16+. The molecule has 1 unspecified atom stereocenters. The summed E-state index contributed by atoms with van der Waals surface area (Å²) in [6.45, 7) is 1.75. The van der Waals surface area contributed by atoms with Crippen molar-refractivity contribution in [1.82, 2.24) is 10.3 Å². The molecule has 0 spiro atoms. The minimum absolute atomic E-state index is 0.0767. The maximum absolute atomic E-state index is 13.5. The van der Waals surface area contributed by atoms with E-state index in [1.165, 1.54) is 53.4 Å². The van der Waals surface area contributed by atoms with Crippen LogP contribution in [0.2, 0.25) is 10.0 Å². The molecule has 14 heteroatoms. The van der Waals surface area contributed by atoms with Gasteiger partial charge in [-0.15, -0.1) is 23.1 Å². The lowest BCUT2D eigenvalue weighted by molar-refractivity contribution is -0.384. The second-order valence-electron chi connectivity index (χ2n) is 10.1. The summed E-state index contributed by atoms with van der Waals surface area (Å²) in [6.07, 6.45) is 1.43. The number of aromatic nitrogens is 1. The van der Waals surface area contributed by atoms with Crippen LogP contribution in [0.1, 0.15) is 22.8 Å². The predicted octanol–water partition coefficient (Wildman–Crippen LogP) is 8.55. The van der Waals surface area contributed by atoms with Gasteiger partial charge in [-0.3, -0.25) is 24.5 Å². The molecule has 1 heterocycles. The number of non-ortho nitro benzene ring substituents is 1. The van der Waals surface area contributed by atoms with Crippen molar-refractivity contribution in [2.75, 3.05) is 10.6 Å². The first-order chi connectivity index (χ1) is 23.0. The summed E-state index contributed by atoms with van der Waals surface area (Å²) in [5.41, 5.74) is 2.47. The molecule has 5 rings (SSSR count). The normalized spacial score (nSPS) is 11.8. The number of amides is 3. The zero-order chi connectivity index (χ0) is 34.2. The highest BCUT2D eigenvalue weighted by Gasteiger charge is 2.19. The molecule has 0 saturated heterocycles. The number of halogens is 2. The topological polar surface area (TPSA) is 143 Å². The maximum atomic E-state index is 13.5. The van der Waals surface area contributed by atoms with E-state index in [-0.39, 0.29) is 17.3 Å². The van der Waals surface area contributed by atoms with Crippen molar-refractivity contribution in [3.05, 3.63) is 139 Å². The van der Waals surface area contributed by atoms with E-state index in [0.29, 0.717) is 42.6 Å². The van der Waals surface area contributed by atoms with Crippen molar-refractivity contribution >= 4 is 86.6 Å². The van der Waals surface area contributed by atoms with Crippen LogP contribution in [0.4, 0.5) is 16.5 Å². The van der Waals surface area contributed by atoms with Gasteiger partial charge in [-0.05, 0) is 73.2 Å². The highest BCUT2D eigenvalue weighted by Crippen LogP contribution is 2.31. The third-order valence-electron chi connectivity index (χ3n) is 6.67.